The van der Waals surface area contributed by atoms with Crippen LogP contribution in [0.4, 0.5) is 5.69 Å². The van der Waals surface area contributed by atoms with Crippen LogP contribution in [0.2, 0.25) is 0 Å². The molecular weight excluding hydrogens is 228 g/mol. The molecule has 1 heterocycles. The zero-order chi connectivity index (χ0) is 12.3. The fourth-order valence-corrected chi connectivity index (χ4v) is 2.62. The molecule has 3 heteroatoms. The second-order valence-electron chi connectivity index (χ2n) is 4.21. The van der Waals surface area contributed by atoms with Crippen LogP contribution in [0.15, 0.2) is 34.7 Å². The Morgan fingerprint density at radius 3 is 2.82 bits per heavy atom. The van der Waals surface area contributed by atoms with Crippen molar-refractivity contribution in [1.82, 2.24) is 0 Å². The van der Waals surface area contributed by atoms with Crippen LogP contribution in [0.5, 0.6) is 0 Å². The van der Waals surface area contributed by atoms with Gasteiger partial charge in [-0.2, -0.15) is 5.26 Å². The van der Waals surface area contributed by atoms with Gasteiger partial charge in [-0.05, 0) is 31.7 Å². The molecule has 0 bridgehead atoms. The van der Waals surface area contributed by atoms with E-state index in [1.165, 1.54) is 5.57 Å². The topological polar surface area (TPSA) is 27.0 Å². The first-order valence-corrected chi connectivity index (χ1v) is 6.96. The van der Waals surface area contributed by atoms with Gasteiger partial charge >= 0.3 is 0 Å². The smallest absolute Gasteiger partial charge is 0.103 e. The molecule has 88 valence electrons. The largest absolute Gasteiger partial charge is 0.366 e. The minimum atomic E-state index is 0.813. The van der Waals surface area contributed by atoms with Gasteiger partial charge in [-0.3, -0.25) is 0 Å². The SMILES string of the molecule is CSc1cccc(N2CC=C(C)CC2)c1C#N. The summed E-state index contributed by atoms with van der Waals surface area (Å²) in [5, 5.41) is 9.31. The van der Waals surface area contributed by atoms with E-state index in [2.05, 4.69) is 24.0 Å². The first-order valence-electron chi connectivity index (χ1n) is 5.74. The molecule has 0 aromatic heterocycles. The zero-order valence-corrected chi connectivity index (χ0v) is 11.0. The fourth-order valence-electron chi connectivity index (χ4n) is 2.06. The monoisotopic (exact) mass is 244 g/mol. The Kier molecular flexibility index (Phi) is 3.75. The third kappa shape index (κ3) is 2.48. The van der Waals surface area contributed by atoms with Crippen LogP contribution in [0, 0.1) is 11.3 Å². The van der Waals surface area contributed by atoms with Gasteiger partial charge in [-0.15, -0.1) is 11.8 Å². The third-order valence-corrected chi connectivity index (χ3v) is 3.89. The van der Waals surface area contributed by atoms with Crippen LogP contribution in [-0.4, -0.2) is 19.3 Å². The number of nitriles is 1. The molecule has 1 aromatic rings. The van der Waals surface area contributed by atoms with E-state index in [4.69, 9.17) is 0 Å². The molecule has 2 rings (SSSR count). The van der Waals surface area contributed by atoms with Crippen LogP contribution in [0.25, 0.3) is 0 Å². The van der Waals surface area contributed by atoms with E-state index in [0.717, 1.165) is 35.7 Å². The molecule has 0 atom stereocenters. The lowest BCUT2D eigenvalue weighted by Crippen LogP contribution is -2.28. The van der Waals surface area contributed by atoms with Gasteiger partial charge < -0.3 is 4.90 Å². The van der Waals surface area contributed by atoms with Crippen LogP contribution in [0.3, 0.4) is 0 Å². The van der Waals surface area contributed by atoms with Crippen molar-refractivity contribution < 1.29 is 0 Å². The van der Waals surface area contributed by atoms with Gasteiger partial charge in [0.1, 0.15) is 6.07 Å². The second-order valence-corrected chi connectivity index (χ2v) is 5.06. The van der Waals surface area contributed by atoms with Gasteiger partial charge in [-0.25, -0.2) is 0 Å². The molecule has 0 saturated heterocycles. The summed E-state index contributed by atoms with van der Waals surface area (Å²) in [6.45, 7) is 4.09. The summed E-state index contributed by atoms with van der Waals surface area (Å²) in [6.07, 6.45) is 5.35. The van der Waals surface area contributed by atoms with E-state index in [-0.39, 0.29) is 0 Å². The van der Waals surface area contributed by atoms with Gasteiger partial charge in [0.2, 0.25) is 0 Å². The Labute approximate surface area is 107 Å². The standard InChI is InChI=1S/C14H16N2S/c1-11-6-8-16(9-7-11)13-4-3-5-14(17-2)12(13)10-15/h3-6H,7-9H2,1-2H3. The van der Waals surface area contributed by atoms with Crippen molar-refractivity contribution in [2.45, 2.75) is 18.2 Å². The predicted molar refractivity (Wildman–Crippen MR) is 73.5 cm³/mol. The summed E-state index contributed by atoms with van der Waals surface area (Å²) in [5.74, 6) is 0. The molecule has 17 heavy (non-hydrogen) atoms. The van der Waals surface area contributed by atoms with E-state index in [0.29, 0.717) is 0 Å². The number of anilines is 1. The molecule has 1 aliphatic rings. The molecule has 0 N–H and O–H groups in total. The Hall–Kier alpha value is -1.40. The number of hydrogen-bond acceptors (Lipinski definition) is 3. The van der Waals surface area contributed by atoms with Crippen molar-refractivity contribution in [1.29, 1.82) is 5.26 Å². The fraction of sp³-hybridized carbons (Fsp3) is 0.357. The average Bonchev–Trinajstić information content (AvgIpc) is 2.38. The van der Waals surface area contributed by atoms with Gasteiger partial charge in [0.25, 0.3) is 0 Å². The lowest BCUT2D eigenvalue weighted by molar-refractivity contribution is 0.785. The average molecular weight is 244 g/mol. The molecule has 0 spiro atoms. The molecule has 0 radical (unpaired) electrons. The summed E-state index contributed by atoms with van der Waals surface area (Å²) in [6, 6.07) is 8.44. The number of nitrogens with zero attached hydrogens (tertiary/aromatic N) is 2. The quantitative estimate of drug-likeness (QED) is 0.589. The normalized spacial score (nSPS) is 15.4. The van der Waals surface area contributed by atoms with Gasteiger partial charge in [0.15, 0.2) is 0 Å². The summed E-state index contributed by atoms with van der Waals surface area (Å²) in [7, 11) is 0. The van der Waals surface area contributed by atoms with Crippen LogP contribution in [-0.2, 0) is 0 Å². The summed E-state index contributed by atoms with van der Waals surface area (Å²) >= 11 is 1.63. The molecule has 0 unspecified atom stereocenters. The Balaban J connectivity index is 2.36. The highest BCUT2D eigenvalue weighted by atomic mass is 32.2. The Bertz CT molecular complexity index is 485. The van der Waals surface area contributed by atoms with Gasteiger partial charge in [-0.1, -0.05) is 17.7 Å². The number of hydrogen-bond donors (Lipinski definition) is 0. The highest BCUT2D eigenvalue weighted by Crippen LogP contribution is 2.30. The van der Waals surface area contributed by atoms with E-state index >= 15 is 0 Å². The van der Waals surface area contributed by atoms with Crippen molar-refractivity contribution >= 4 is 17.4 Å². The minimum Gasteiger partial charge on any atom is -0.366 e. The lowest BCUT2D eigenvalue weighted by atomic mass is 10.1. The highest BCUT2D eigenvalue weighted by molar-refractivity contribution is 7.98. The second kappa shape index (κ2) is 5.29. The zero-order valence-electron chi connectivity index (χ0n) is 10.2. The maximum Gasteiger partial charge on any atom is 0.103 e. The Morgan fingerprint density at radius 2 is 2.24 bits per heavy atom. The first kappa shape index (κ1) is 12.1. The predicted octanol–water partition coefficient (Wildman–Crippen LogP) is 3.44. The van der Waals surface area contributed by atoms with Crippen molar-refractivity contribution in [3.8, 4) is 6.07 Å². The Morgan fingerprint density at radius 1 is 1.41 bits per heavy atom. The van der Waals surface area contributed by atoms with Crippen LogP contribution >= 0.6 is 11.8 Å². The van der Waals surface area contributed by atoms with Crippen molar-refractivity contribution in [3.05, 3.63) is 35.4 Å². The molecule has 0 saturated carbocycles. The molecule has 1 aliphatic heterocycles. The van der Waals surface area contributed by atoms with E-state index in [9.17, 15) is 5.26 Å². The maximum atomic E-state index is 9.31. The van der Waals surface area contributed by atoms with Gasteiger partial charge in [0.05, 0.1) is 11.3 Å². The molecule has 0 amide bonds. The minimum absolute atomic E-state index is 0.813. The molecule has 0 aliphatic carbocycles. The third-order valence-electron chi connectivity index (χ3n) is 3.11. The highest BCUT2D eigenvalue weighted by Gasteiger charge is 2.15. The van der Waals surface area contributed by atoms with Crippen molar-refractivity contribution in [2.24, 2.45) is 0 Å². The van der Waals surface area contributed by atoms with E-state index < -0.39 is 0 Å². The van der Waals surface area contributed by atoms with Gasteiger partial charge in [0, 0.05) is 18.0 Å². The molecule has 2 nitrogen and oxygen atoms in total. The van der Waals surface area contributed by atoms with E-state index in [1.54, 1.807) is 11.8 Å². The van der Waals surface area contributed by atoms with Crippen molar-refractivity contribution in [3.63, 3.8) is 0 Å². The van der Waals surface area contributed by atoms with Crippen LogP contribution < -0.4 is 4.90 Å². The number of thioether (sulfide) groups is 1. The lowest BCUT2D eigenvalue weighted by Gasteiger charge is -2.28. The molecule has 0 fully saturated rings. The molecule has 1 aromatic carbocycles. The summed E-state index contributed by atoms with van der Waals surface area (Å²) < 4.78 is 0. The van der Waals surface area contributed by atoms with Crippen LogP contribution in [0.1, 0.15) is 18.9 Å². The summed E-state index contributed by atoms with van der Waals surface area (Å²) in [4.78, 5) is 3.35. The first-order chi connectivity index (χ1) is 8.26. The number of rotatable bonds is 2. The number of benzene rings is 1. The molecular formula is C14H16N2S. The van der Waals surface area contributed by atoms with Crippen molar-refractivity contribution in [2.75, 3.05) is 24.2 Å². The van der Waals surface area contributed by atoms with E-state index in [1.807, 2.05) is 24.5 Å². The summed E-state index contributed by atoms with van der Waals surface area (Å²) in [5.41, 5.74) is 3.33. The maximum absolute atomic E-state index is 9.31.